The predicted octanol–water partition coefficient (Wildman–Crippen LogP) is 3.17. The first-order chi connectivity index (χ1) is 11.6. The monoisotopic (exact) mass is 345 g/mol. The molecular weight excluding hydrogens is 330 g/mol. The minimum Gasteiger partial charge on any atom is -0.358 e. The third kappa shape index (κ3) is 4.18. The lowest BCUT2D eigenvalue weighted by Crippen LogP contribution is -2.25. The highest BCUT2D eigenvalue weighted by molar-refractivity contribution is 7.85. The molecule has 1 unspecified atom stereocenters. The van der Waals surface area contributed by atoms with Crippen molar-refractivity contribution >= 4 is 22.2 Å². The topological polar surface area (TPSA) is 63.5 Å². The number of benzene rings is 2. The van der Waals surface area contributed by atoms with Gasteiger partial charge >= 0.3 is 0 Å². The Morgan fingerprint density at radius 2 is 1.67 bits per heavy atom. The van der Waals surface area contributed by atoms with Crippen LogP contribution in [0.5, 0.6) is 0 Å². The summed E-state index contributed by atoms with van der Waals surface area (Å²) in [6.45, 7) is -0.0398. The molecular formula is C17H15FN2O3S. The number of nitro groups is 1. The highest BCUT2D eigenvalue weighted by Crippen LogP contribution is 2.22. The van der Waals surface area contributed by atoms with Gasteiger partial charge in [-0.3, -0.25) is 10.1 Å². The first kappa shape index (κ1) is 17.6. The molecule has 0 saturated carbocycles. The van der Waals surface area contributed by atoms with Crippen molar-refractivity contribution in [3.05, 3.63) is 58.6 Å². The van der Waals surface area contributed by atoms with E-state index in [1.807, 2.05) is 0 Å². The highest BCUT2D eigenvalue weighted by atomic mass is 32.2. The smallest absolute Gasteiger partial charge is 0.269 e. The second kappa shape index (κ2) is 8.22. The molecule has 0 aliphatic carbocycles. The summed E-state index contributed by atoms with van der Waals surface area (Å²) < 4.78 is 25.1. The van der Waals surface area contributed by atoms with Crippen LogP contribution in [0, 0.1) is 22.5 Å². The predicted molar refractivity (Wildman–Crippen MR) is 91.2 cm³/mol. The number of alkyl halides is 1. The number of terminal acetylenes is 1. The summed E-state index contributed by atoms with van der Waals surface area (Å²) in [6, 6.07) is 12.4. The van der Waals surface area contributed by atoms with Gasteiger partial charge in [-0.2, -0.15) is 0 Å². The van der Waals surface area contributed by atoms with Crippen LogP contribution in [0.3, 0.4) is 0 Å². The van der Waals surface area contributed by atoms with Gasteiger partial charge in [-0.05, 0) is 36.4 Å². The molecule has 0 aliphatic rings. The van der Waals surface area contributed by atoms with Crippen LogP contribution in [0.15, 0.2) is 58.3 Å². The molecule has 0 amide bonds. The van der Waals surface area contributed by atoms with E-state index in [0.717, 1.165) is 5.69 Å². The quantitative estimate of drug-likeness (QED) is 0.439. The fourth-order valence-corrected chi connectivity index (χ4v) is 3.16. The maximum atomic E-state index is 12.6. The molecule has 0 aliphatic heterocycles. The summed E-state index contributed by atoms with van der Waals surface area (Å²) in [5.74, 6) is 2.47. The molecule has 0 bridgehead atoms. The lowest BCUT2D eigenvalue weighted by Gasteiger charge is -2.21. The van der Waals surface area contributed by atoms with Crippen molar-refractivity contribution in [2.45, 2.75) is 9.79 Å². The van der Waals surface area contributed by atoms with Crippen LogP contribution in [0.1, 0.15) is 0 Å². The van der Waals surface area contributed by atoms with Crippen LogP contribution >= 0.6 is 0 Å². The Labute approximate surface area is 141 Å². The second-order valence-corrected chi connectivity index (χ2v) is 6.31. The van der Waals surface area contributed by atoms with Gasteiger partial charge in [0.05, 0.1) is 22.3 Å². The number of anilines is 1. The van der Waals surface area contributed by atoms with Gasteiger partial charge in [0.15, 0.2) is 0 Å². The normalized spacial score (nSPS) is 11.5. The summed E-state index contributed by atoms with van der Waals surface area (Å²) in [7, 11) is -1.45. The Kier molecular flexibility index (Phi) is 6.04. The molecule has 24 heavy (non-hydrogen) atoms. The number of nitrogens with zero attached hydrogens (tertiary/aromatic N) is 2. The molecule has 124 valence electrons. The number of nitro benzene ring substituents is 1. The molecule has 7 heteroatoms. The van der Waals surface area contributed by atoms with Crippen LogP contribution < -0.4 is 4.90 Å². The van der Waals surface area contributed by atoms with Crippen molar-refractivity contribution in [1.29, 1.82) is 0 Å². The third-order valence-corrected chi connectivity index (χ3v) is 4.71. The van der Waals surface area contributed by atoms with Gasteiger partial charge in [-0.15, -0.1) is 6.42 Å². The lowest BCUT2D eigenvalue weighted by atomic mass is 10.3. The van der Waals surface area contributed by atoms with Crippen LogP contribution in [-0.4, -0.2) is 28.9 Å². The zero-order chi connectivity index (χ0) is 17.5. The molecule has 0 heterocycles. The molecule has 0 N–H and O–H groups in total. The minimum atomic E-state index is -1.45. The standard InChI is InChI=1S/C17H15FN2O3S/c1-2-12-19(13-11-18)14-3-7-16(8-4-14)24(23)17-9-5-15(6-10-17)20(21)22/h1,3-10H,11-13H2/i18-1. The van der Waals surface area contributed by atoms with Crippen molar-refractivity contribution in [3.8, 4) is 12.3 Å². The number of hydrogen-bond acceptors (Lipinski definition) is 4. The van der Waals surface area contributed by atoms with Crippen molar-refractivity contribution in [2.75, 3.05) is 24.7 Å². The van der Waals surface area contributed by atoms with Gasteiger partial charge in [-0.25, -0.2) is 8.60 Å². The Hall–Kier alpha value is -2.72. The molecule has 0 aromatic heterocycles. The Balaban J connectivity index is 2.19. The van der Waals surface area contributed by atoms with E-state index >= 15 is 0 Å². The van der Waals surface area contributed by atoms with Gasteiger partial charge in [0, 0.05) is 34.2 Å². The van der Waals surface area contributed by atoms with E-state index in [2.05, 4.69) is 5.92 Å². The first-order valence-corrected chi connectivity index (χ1v) is 8.22. The summed E-state index contributed by atoms with van der Waals surface area (Å²) in [5.41, 5.74) is 0.692. The van der Waals surface area contributed by atoms with Crippen LogP contribution in [-0.2, 0) is 10.8 Å². The first-order valence-electron chi connectivity index (χ1n) is 7.07. The van der Waals surface area contributed by atoms with Gasteiger partial charge in [0.2, 0.25) is 0 Å². The Bertz CT molecular complexity index is 770. The maximum absolute atomic E-state index is 12.6. The molecule has 0 fully saturated rings. The van der Waals surface area contributed by atoms with Crippen LogP contribution in [0.25, 0.3) is 0 Å². The van der Waals surface area contributed by atoms with Crippen LogP contribution in [0.2, 0.25) is 0 Å². The molecule has 2 aromatic carbocycles. The van der Waals surface area contributed by atoms with E-state index in [0.29, 0.717) is 9.79 Å². The van der Waals surface area contributed by atoms with E-state index < -0.39 is 22.4 Å². The number of hydrogen-bond donors (Lipinski definition) is 0. The van der Waals surface area contributed by atoms with E-state index in [1.165, 1.54) is 24.3 Å². The van der Waals surface area contributed by atoms with E-state index in [4.69, 9.17) is 6.42 Å². The van der Waals surface area contributed by atoms with Gasteiger partial charge < -0.3 is 4.90 Å². The average molecular weight is 345 g/mol. The zero-order valence-electron chi connectivity index (χ0n) is 12.7. The largest absolute Gasteiger partial charge is 0.358 e. The number of non-ortho nitro benzene ring substituents is 1. The van der Waals surface area contributed by atoms with E-state index in [1.54, 1.807) is 29.2 Å². The Morgan fingerprint density at radius 1 is 1.12 bits per heavy atom. The average Bonchev–Trinajstić information content (AvgIpc) is 2.61. The van der Waals surface area contributed by atoms with E-state index in [-0.39, 0.29) is 18.8 Å². The zero-order valence-corrected chi connectivity index (χ0v) is 13.5. The number of halogens is 1. The lowest BCUT2D eigenvalue weighted by molar-refractivity contribution is -0.384. The Morgan fingerprint density at radius 3 is 2.12 bits per heavy atom. The van der Waals surface area contributed by atoms with Gasteiger partial charge in [0.1, 0.15) is 6.67 Å². The number of rotatable bonds is 7. The summed E-state index contributed by atoms with van der Waals surface area (Å²) in [4.78, 5) is 12.9. The van der Waals surface area contributed by atoms with Crippen molar-refractivity contribution in [3.63, 3.8) is 0 Å². The third-order valence-electron chi connectivity index (χ3n) is 3.31. The van der Waals surface area contributed by atoms with Gasteiger partial charge in [0.25, 0.3) is 5.69 Å². The highest BCUT2D eigenvalue weighted by Gasteiger charge is 2.11. The molecule has 2 rings (SSSR count). The summed E-state index contributed by atoms with van der Waals surface area (Å²) in [5, 5.41) is 10.6. The van der Waals surface area contributed by atoms with Crippen molar-refractivity contribution in [2.24, 2.45) is 0 Å². The second-order valence-electron chi connectivity index (χ2n) is 4.83. The molecule has 0 spiro atoms. The SMILES string of the molecule is C#CCN(CC[18F])c1ccc(S(=O)c2ccc([N+](=O)[O-])cc2)cc1. The maximum Gasteiger partial charge on any atom is 0.269 e. The van der Waals surface area contributed by atoms with Crippen molar-refractivity contribution in [1.82, 2.24) is 0 Å². The fraction of sp³-hybridized carbons (Fsp3) is 0.176. The summed E-state index contributed by atoms with van der Waals surface area (Å²) >= 11 is 0. The summed E-state index contributed by atoms with van der Waals surface area (Å²) in [6.07, 6.45) is 5.27. The molecule has 0 radical (unpaired) electrons. The van der Waals surface area contributed by atoms with E-state index in [9.17, 15) is 18.7 Å². The van der Waals surface area contributed by atoms with Gasteiger partial charge in [-0.1, -0.05) is 5.92 Å². The molecule has 1 atom stereocenters. The fourth-order valence-electron chi connectivity index (χ4n) is 2.12. The molecule has 0 saturated heterocycles. The van der Waals surface area contributed by atoms with Crippen LogP contribution in [0.4, 0.5) is 15.8 Å². The minimum absolute atomic E-state index is 0.0535. The van der Waals surface area contributed by atoms with Crippen molar-refractivity contribution < 1.29 is 13.5 Å². The molecule has 5 nitrogen and oxygen atoms in total. The molecule has 2 aromatic rings.